The zero-order valence-electron chi connectivity index (χ0n) is 62.2. The van der Waals surface area contributed by atoms with Gasteiger partial charge in [-0.05, 0) is 120 Å². The van der Waals surface area contributed by atoms with Crippen LogP contribution in [0.25, 0.3) is 169 Å². The van der Waals surface area contributed by atoms with Crippen LogP contribution in [0.3, 0.4) is 0 Å². The number of amidine groups is 2. The quantitative estimate of drug-likeness (QED) is 0.0665. The molecule has 5 heterocycles. The Morgan fingerprint density at radius 2 is 0.641 bits per heavy atom. The number of hydrogen-bond donors (Lipinski definition) is 0. The molecule has 0 atom stereocenters. The van der Waals surface area contributed by atoms with Crippen molar-refractivity contribution in [2.75, 3.05) is 0 Å². The van der Waals surface area contributed by atoms with E-state index in [0.29, 0.717) is 136 Å². The molecule has 0 fully saturated rings. The van der Waals surface area contributed by atoms with Crippen LogP contribution in [-0.4, -0.2) is 72.4 Å². The predicted molar refractivity (Wildman–Crippen MR) is 459 cm³/mol. The lowest BCUT2D eigenvalue weighted by molar-refractivity contribution is -0.137. The lowest BCUT2D eigenvalue weighted by Gasteiger charge is -2.22. The van der Waals surface area contributed by atoms with Crippen LogP contribution in [0.15, 0.2) is 367 Å². The third-order valence-electron chi connectivity index (χ3n) is 20.5. The van der Waals surface area contributed by atoms with E-state index in [1.807, 2.05) is 325 Å². The van der Waals surface area contributed by atoms with Crippen LogP contribution >= 0.6 is 0 Å². The second-order valence-corrected chi connectivity index (χ2v) is 27.9. The Hall–Kier alpha value is -16.0. The molecule has 19 aromatic rings. The molecule has 0 spiro atoms. The first-order valence-corrected chi connectivity index (χ1v) is 37.8. The minimum Gasteiger partial charge on any atom is -0.307 e. The Kier molecular flexibility index (Phi) is 18.6. The van der Waals surface area contributed by atoms with Gasteiger partial charge in [-0.25, -0.2) is 54.8 Å². The molecule has 117 heavy (non-hydrogen) atoms. The van der Waals surface area contributed by atoms with Gasteiger partial charge in [0.2, 0.25) is 0 Å². The number of nitriles is 1. The van der Waals surface area contributed by atoms with Crippen LogP contribution < -0.4 is 0 Å². The Bertz CT molecular complexity index is 6780. The molecule has 5 aromatic heterocycles. The minimum absolute atomic E-state index is 0.139. The van der Waals surface area contributed by atoms with Gasteiger partial charge >= 0.3 is 6.18 Å². The Morgan fingerprint density at radius 3 is 1.00 bits per heavy atom. The number of hydrogen-bond acceptors (Lipinski definition) is 11. The van der Waals surface area contributed by atoms with Crippen molar-refractivity contribution < 1.29 is 13.2 Å². The summed E-state index contributed by atoms with van der Waals surface area (Å²) < 4.78 is 55.0. The van der Waals surface area contributed by atoms with Gasteiger partial charge in [-0.2, -0.15) is 18.4 Å². The van der Waals surface area contributed by atoms with Gasteiger partial charge in [0, 0.05) is 82.7 Å². The highest BCUT2D eigenvalue weighted by molar-refractivity contribution is 6.18. The summed E-state index contributed by atoms with van der Waals surface area (Å²) >= 11 is 0. The third-order valence-corrected chi connectivity index (χ3v) is 20.5. The van der Waals surface area contributed by atoms with E-state index in [0.717, 1.165) is 44.5 Å². The van der Waals surface area contributed by atoms with Crippen LogP contribution in [0.5, 0.6) is 0 Å². The molecule has 18 heteroatoms. The number of alkyl halides is 3. The highest BCUT2D eigenvalue weighted by Crippen LogP contribution is 2.47. The normalized spacial score (nSPS) is 11.9. The fourth-order valence-corrected chi connectivity index (χ4v) is 14.9. The van der Waals surface area contributed by atoms with Gasteiger partial charge in [0.25, 0.3) is 0 Å². The van der Waals surface area contributed by atoms with Gasteiger partial charge in [0.05, 0.1) is 57.2 Å². The molecule has 0 amide bonds. The zero-order chi connectivity index (χ0) is 78.9. The fourth-order valence-electron chi connectivity index (χ4n) is 14.9. The predicted octanol–water partition coefficient (Wildman–Crippen LogP) is 23.1. The average Bonchev–Trinajstić information content (AvgIpc) is 1.56. The van der Waals surface area contributed by atoms with Crippen LogP contribution in [0.1, 0.15) is 27.8 Å². The molecule has 15 nitrogen and oxygen atoms in total. The summed E-state index contributed by atoms with van der Waals surface area (Å²) in [5.74, 6) is 4.40. The van der Waals surface area contributed by atoms with Crippen LogP contribution in [-0.2, 0) is 12.7 Å². The number of fused-ring (bicyclic) bond motifs is 6. The Morgan fingerprint density at radius 1 is 0.316 bits per heavy atom. The fraction of sp³-hybridized carbons (Fsp3) is 0.0202. The number of aliphatic imine (C=N–C) groups is 3. The van der Waals surface area contributed by atoms with E-state index in [2.05, 4.69) is 17.8 Å². The van der Waals surface area contributed by atoms with E-state index in [-0.39, 0.29) is 28.2 Å². The number of benzene rings is 14. The summed E-state index contributed by atoms with van der Waals surface area (Å²) in [5.41, 5.74) is 10.6. The first-order valence-electron chi connectivity index (χ1n) is 37.8. The largest absolute Gasteiger partial charge is 0.417 e. The summed E-state index contributed by atoms with van der Waals surface area (Å²) in [6.07, 6.45) is -4.98. The molecule has 0 unspecified atom stereocenters. The van der Waals surface area contributed by atoms with E-state index in [4.69, 9.17) is 54.8 Å². The number of nitrogens with zero attached hydrogens (tertiary/aromatic N) is 15. The lowest BCUT2D eigenvalue weighted by Crippen LogP contribution is -2.12. The molecule has 0 radical (unpaired) electrons. The molecule has 554 valence electrons. The van der Waals surface area contributed by atoms with Crippen LogP contribution in [0.4, 0.5) is 13.2 Å². The van der Waals surface area contributed by atoms with Gasteiger partial charge in [-0.3, -0.25) is 4.99 Å². The van der Waals surface area contributed by atoms with E-state index >= 15 is 13.2 Å². The maximum Gasteiger partial charge on any atom is 0.417 e. The number of rotatable bonds is 16. The molecule has 0 N–H and O–H groups in total. The molecular weight excluding hydrogens is 1460 g/mol. The maximum absolute atomic E-state index is 17.0. The average molecular weight is 1520 g/mol. The third kappa shape index (κ3) is 14.1. The molecule has 0 saturated carbocycles. The van der Waals surface area contributed by atoms with Gasteiger partial charge in [0.1, 0.15) is 0 Å². The molecule has 0 saturated heterocycles. The molecule has 19 rings (SSSR count). The standard InChI is InChI=1S/C99H62F3N15/c1-104-88(106-89(64-30-12-3-13-31-64)105-61-62-27-10-2-11-28-62)72-45-49-82-77(54-72)78-55-73(96-110-90(65-32-14-4-15-33-65)107-91(111-96)66-34-16-5-17-35-66)46-50-83(78)116(82)86-58-76(71-44-26-29-63(53-71)60-103)81(99(100,101)102)59-87(86)117-84-51-47-74(97-112-92(67-36-18-6-19-37-67)108-93(113-97)68-38-20-7-21-39-68)56-79(84)80-57-75(48-52-85(80)117)98-114-94(69-40-22-8-23-41-69)109-95(115-98)70-42-24-9-25-43-70/h2-59H,1,61H2/b105-89-,106-88-. The van der Waals surface area contributed by atoms with Gasteiger partial charge in [0.15, 0.2) is 64.1 Å². The molecule has 0 aliphatic carbocycles. The van der Waals surface area contributed by atoms with Crippen molar-refractivity contribution in [2.45, 2.75) is 12.7 Å². The SMILES string of the molecule is C=N/C(=N\C(=N/Cc1ccccc1)c1ccccc1)c1ccc2c(c1)c1cc(-c3nc(-c4ccccc4)nc(-c4ccccc4)n3)ccc1n2-c1cc(-c2cccc(C#N)c2)c(C(F)(F)F)cc1-n1c2ccc(-c3nc(-c4ccccc4)nc(-c4ccccc4)n3)cc2c2cc(-c3nc(-c4ccccc4)nc(-c4ccccc4)n3)ccc21. The molecule has 0 bridgehead atoms. The van der Waals surface area contributed by atoms with Crippen molar-refractivity contribution in [2.24, 2.45) is 15.0 Å². The zero-order valence-corrected chi connectivity index (χ0v) is 62.2. The van der Waals surface area contributed by atoms with Crippen molar-refractivity contribution in [3.05, 3.63) is 380 Å². The van der Waals surface area contributed by atoms with Crippen LogP contribution in [0, 0.1) is 11.3 Å². The molecule has 0 aliphatic rings. The van der Waals surface area contributed by atoms with Gasteiger partial charge in [-0.1, -0.05) is 255 Å². The molecule has 14 aromatic carbocycles. The summed E-state index contributed by atoms with van der Waals surface area (Å²) in [6, 6.07) is 112. The Labute approximate surface area is 669 Å². The van der Waals surface area contributed by atoms with Crippen molar-refractivity contribution >= 4 is 62.0 Å². The van der Waals surface area contributed by atoms with Gasteiger partial charge < -0.3 is 9.13 Å². The summed E-state index contributed by atoms with van der Waals surface area (Å²) in [5, 5.41) is 13.0. The second-order valence-electron chi connectivity index (χ2n) is 27.9. The van der Waals surface area contributed by atoms with Gasteiger partial charge in [-0.15, -0.1) is 0 Å². The maximum atomic E-state index is 17.0. The monoisotopic (exact) mass is 1520 g/mol. The highest BCUT2D eigenvalue weighted by Gasteiger charge is 2.37. The van der Waals surface area contributed by atoms with E-state index in [1.54, 1.807) is 24.3 Å². The van der Waals surface area contributed by atoms with E-state index in [9.17, 15) is 5.26 Å². The molecule has 0 aliphatic heterocycles. The number of aromatic nitrogens is 11. The van der Waals surface area contributed by atoms with E-state index in [1.165, 1.54) is 12.1 Å². The van der Waals surface area contributed by atoms with Crippen molar-refractivity contribution in [1.82, 2.24) is 54.0 Å². The summed E-state index contributed by atoms with van der Waals surface area (Å²) in [4.78, 5) is 61.1. The highest BCUT2D eigenvalue weighted by atomic mass is 19.4. The van der Waals surface area contributed by atoms with Crippen molar-refractivity contribution in [3.63, 3.8) is 0 Å². The first kappa shape index (κ1) is 71.3. The minimum atomic E-state index is -4.98. The summed E-state index contributed by atoms with van der Waals surface area (Å²) in [6.45, 7) is 4.42. The summed E-state index contributed by atoms with van der Waals surface area (Å²) in [7, 11) is 0. The Balaban J connectivity index is 0.905. The van der Waals surface area contributed by atoms with Crippen molar-refractivity contribution in [1.29, 1.82) is 5.26 Å². The number of halogens is 3. The van der Waals surface area contributed by atoms with Crippen LogP contribution in [0.2, 0.25) is 0 Å². The smallest absolute Gasteiger partial charge is 0.307 e. The lowest BCUT2D eigenvalue weighted by atomic mass is 9.95. The molecular formula is C99H62F3N15. The first-order chi connectivity index (χ1) is 57.5. The van der Waals surface area contributed by atoms with E-state index < -0.39 is 11.7 Å². The van der Waals surface area contributed by atoms with Crippen molar-refractivity contribution in [3.8, 4) is 131 Å². The topological polar surface area (TPSA) is 187 Å². The second kappa shape index (κ2) is 30.6.